The smallest absolute Gasteiger partial charge is 0.236 e. The van der Waals surface area contributed by atoms with E-state index in [1.54, 1.807) is 18.0 Å². The molecule has 0 bridgehead atoms. The highest BCUT2D eigenvalue weighted by Crippen LogP contribution is 1.99. The monoisotopic (exact) mass is 252 g/mol. The third-order valence-corrected chi connectivity index (χ3v) is 4.04. The van der Waals surface area contributed by atoms with Gasteiger partial charge in [0.2, 0.25) is 5.91 Å². The van der Waals surface area contributed by atoms with Gasteiger partial charge in [-0.25, -0.2) is 0 Å². The van der Waals surface area contributed by atoms with Crippen molar-refractivity contribution in [1.82, 2.24) is 5.32 Å². The van der Waals surface area contributed by atoms with E-state index in [2.05, 4.69) is 5.32 Å². The predicted molar refractivity (Wildman–Crippen MR) is 67.5 cm³/mol. The lowest BCUT2D eigenvalue weighted by Gasteiger charge is -2.13. The Morgan fingerprint density at radius 2 is 2.20 bits per heavy atom. The van der Waals surface area contributed by atoms with Gasteiger partial charge >= 0.3 is 0 Å². The van der Waals surface area contributed by atoms with E-state index in [-0.39, 0.29) is 11.2 Å². The van der Waals surface area contributed by atoms with Crippen LogP contribution in [0.5, 0.6) is 0 Å². The molecule has 15 heavy (non-hydrogen) atoms. The minimum absolute atomic E-state index is 0.0262. The summed E-state index contributed by atoms with van der Waals surface area (Å²) >= 11 is 1.67. The second-order valence-electron chi connectivity index (χ2n) is 3.44. The molecule has 0 aliphatic heterocycles. The van der Waals surface area contributed by atoms with Crippen LogP contribution in [0.4, 0.5) is 0 Å². The van der Waals surface area contributed by atoms with Crippen LogP contribution >= 0.6 is 11.8 Å². The third kappa shape index (κ3) is 6.92. The fraction of sp³-hybridized carbons (Fsp3) is 0.889. The Morgan fingerprint density at radius 1 is 1.60 bits per heavy atom. The molecule has 0 aromatic rings. The Labute approximate surface area is 98.2 Å². The molecule has 4 nitrogen and oxygen atoms in total. The van der Waals surface area contributed by atoms with Crippen molar-refractivity contribution in [3.63, 3.8) is 0 Å². The summed E-state index contributed by atoms with van der Waals surface area (Å²) in [6.45, 7) is 2.26. The lowest BCUT2D eigenvalue weighted by molar-refractivity contribution is -0.122. The second kappa shape index (κ2) is 8.13. The zero-order valence-electron chi connectivity index (χ0n) is 9.49. The summed E-state index contributed by atoms with van der Waals surface area (Å²) < 4.78 is 11.0. The standard InChI is InChI=1S/C9H20N2O2S2/c1-7(15(3)13)6-11-9(12)8(10)4-5-14-2/h7-8H,4-6,10H2,1-3H3,(H,11,12)/t7?,8-,15?/m1/s1. The van der Waals surface area contributed by atoms with Crippen molar-refractivity contribution in [2.24, 2.45) is 5.73 Å². The van der Waals surface area contributed by atoms with Crippen LogP contribution in [0.25, 0.3) is 0 Å². The summed E-state index contributed by atoms with van der Waals surface area (Å²) in [5, 5.41) is 2.68. The van der Waals surface area contributed by atoms with E-state index in [0.717, 1.165) is 5.75 Å². The maximum atomic E-state index is 11.4. The van der Waals surface area contributed by atoms with Crippen LogP contribution < -0.4 is 11.1 Å². The summed E-state index contributed by atoms with van der Waals surface area (Å²) in [4.78, 5) is 11.4. The van der Waals surface area contributed by atoms with Crippen LogP contribution in [0, 0.1) is 0 Å². The van der Waals surface area contributed by atoms with Crippen LogP contribution in [0.15, 0.2) is 0 Å². The third-order valence-electron chi connectivity index (χ3n) is 2.10. The second-order valence-corrected chi connectivity index (χ2v) is 6.23. The van der Waals surface area contributed by atoms with Crippen molar-refractivity contribution < 1.29 is 9.00 Å². The number of amides is 1. The number of nitrogens with one attached hydrogen (secondary N) is 1. The van der Waals surface area contributed by atoms with E-state index in [4.69, 9.17) is 5.73 Å². The molecule has 0 radical (unpaired) electrons. The number of carbonyl (C=O) groups excluding carboxylic acids is 1. The molecular formula is C9H20N2O2S2. The zero-order chi connectivity index (χ0) is 11.8. The number of hydrogen-bond donors (Lipinski definition) is 2. The van der Waals surface area contributed by atoms with E-state index < -0.39 is 16.8 Å². The molecule has 0 aliphatic carbocycles. The molecule has 1 amide bonds. The Balaban J connectivity index is 3.77. The van der Waals surface area contributed by atoms with E-state index in [9.17, 15) is 9.00 Å². The first-order chi connectivity index (χ1) is 6.99. The quantitative estimate of drug-likeness (QED) is 0.666. The Bertz CT molecular complexity index is 224. The summed E-state index contributed by atoms with van der Waals surface area (Å²) in [6, 6.07) is -0.449. The molecule has 0 rings (SSSR count). The maximum Gasteiger partial charge on any atom is 0.236 e. The number of thioether (sulfide) groups is 1. The van der Waals surface area contributed by atoms with Gasteiger partial charge in [0.25, 0.3) is 0 Å². The van der Waals surface area contributed by atoms with Gasteiger partial charge in [-0.1, -0.05) is 0 Å². The Hall–Kier alpha value is -0.0700. The average molecular weight is 252 g/mol. The van der Waals surface area contributed by atoms with Gasteiger partial charge in [0, 0.05) is 28.9 Å². The lowest BCUT2D eigenvalue weighted by Crippen LogP contribution is -2.43. The van der Waals surface area contributed by atoms with Gasteiger partial charge in [-0.3, -0.25) is 9.00 Å². The normalized spacial score (nSPS) is 16.8. The molecule has 2 unspecified atom stereocenters. The van der Waals surface area contributed by atoms with E-state index >= 15 is 0 Å². The first-order valence-electron chi connectivity index (χ1n) is 4.83. The Morgan fingerprint density at radius 3 is 2.67 bits per heavy atom. The number of nitrogens with two attached hydrogens (primary N) is 1. The number of hydrogen-bond acceptors (Lipinski definition) is 4. The van der Waals surface area contributed by atoms with Crippen LogP contribution in [0.2, 0.25) is 0 Å². The molecule has 0 heterocycles. The van der Waals surface area contributed by atoms with Gasteiger partial charge in [-0.15, -0.1) is 0 Å². The van der Waals surface area contributed by atoms with Crippen molar-refractivity contribution in [3.05, 3.63) is 0 Å². The molecule has 3 atom stereocenters. The molecule has 0 spiro atoms. The highest BCUT2D eigenvalue weighted by molar-refractivity contribution is 7.98. The fourth-order valence-corrected chi connectivity index (χ4v) is 1.68. The van der Waals surface area contributed by atoms with Crippen LogP contribution in [-0.2, 0) is 15.6 Å². The molecule has 0 aromatic carbocycles. The first kappa shape index (κ1) is 14.9. The highest BCUT2D eigenvalue weighted by atomic mass is 32.2. The van der Waals surface area contributed by atoms with Gasteiger partial charge in [0.05, 0.1) is 6.04 Å². The SMILES string of the molecule is CSCC[C@@H](N)C(=O)NCC(C)S(C)=O. The minimum atomic E-state index is -0.905. The minimum Gasteiger partial charge on any atom is -0.354 e. The summed E-state index contributed by atoms with van der Waals surface area (Å²) in [5.41, 5.74) is 5.66. The molecule has 0 aliphatic rings. The molecule has 0 saturated carbocycles. The van der Waals surface area contributed by atoms with Crippen LogP contribution in [0.3, 0.4) is 0 Å². The van der Waals surface area contributed by atoms with Gasteiger partial charge in [-0.2, -0.15) is 11.8 Å². The highest BCUT2D eigenvalue weighted by Gasteiger charge is 2.14. The maximum absolute atomic E-state index is 11.4. The molecule has 6 heteroatoms. The summed E-state index contributed by atoms with van der Waals surface area (Å²) in [5.74, 6) is 0.727. The van der Waals surface area contributed by atoms with Gasteiger partial charge in [0.15, 0.2) is 0 Å². The van der Waals surface area contributed by atoms with Gasteiger partial charge in [-0.05, 0) is 25.4 Å². The number of rotatable bonds is 7. The lowest BCUT2D eigenvalue weighted by atomic mass is 10.2. The fourth-order valence-electron chi connectivity index (χ4n) is 0.869. The molecule has 90 valence electrons. The van der Waals surface area contributed by atoms with Crippen molar-refractivity contribution >= 4 is 28.5 Å². The summed E-state index contributed by atoms with van der Waals surface area (Å²) in [6.07, 6.45) is 4.29. The first-order valence-corrected chi connectivity index (χ1v) is 7.85. The molecular weight excluding hydrogens is 232 g/mol. The largest absolute Gasteiger partial charge is 0.354 e. The van der Waals surface area contributed by atoms with Crippen LogP contribution in [0.1, 0.15) is 13.3 Å². The van der Waals surface area contributed by atoms with E-state index in [0.29, 0.717) is 13.0 Å². The predicted octanol–water partition coefficient (Wildman–Crippen LogP) is -0.0500. The van der Waals surface area contributed by atoms with E-state index in [1.807, 2.05) is 13.2 Å². The molecule has 0 fully saturated rings. The van der Waals surface area contributed by atoms with Gasteiger partial charge < -0.3 is 11.1 Å². The van der Waals surface area contributed by atoms with Gasteiger partial charge in [0.1, 0.15) is 0 Å². The topological polar surface area (TPSA) is 72.2 Å². The molecule has 3 N–H and O–H groups in total. The molecule has 0 saturated heterocycles. The summed E-state index contributed by atoms with van der Waals surface area (Å²) in [7, 11) is -0.905. The number of carbonyl (C=O) groups is 1. The van der Waals surface area contributed by atoms with E-state index in [1.165, 1.54) is 0 Å². The van der Waals surface area contributed by atoms with Crippen molar-refractivity contribution in [3.8, 4) is 0 Å². The average Bonchev–Trinajstić information content (AvgIpc) is 2.21. The van der Waals surface area contributed by atoms with Crippen LogP contribution in [-0.4, -0.2) is 46.2 Å². The zero-order valence-corrected chi connectivity index (χ0v) is 11.1. The van der Waals surface area contributed by atoms with Crippen molar-refractivity contribution in [2.45, 2.75) is 24.6 Å². The molecule has 0 aromatic heterocycles. The van der Waals surface area contributed by atoms with Crippen molar-refractivity contribution in [2.75, 3.05) is 24.8 Å². The Kier molecular flexibility index (Phi) is 8.09. The van der Waals surface area contributed by atoms with Crippen molar-refractivity contribution in [1.29, 1.82) is 0 Å².